The van der Waals surface area contributed by atoms with Crippen molar-refractivity contribution in [2.24, 2.45) is 0 Å². The minimum Gasteiger partial charge on any atom is -0.476 e. The van der Waals surface area contributed by atoms with E-state index in [4.69, 9.17) is 4.74 Å². The SMILES string of the molecule is C[C@@H]1Cc2c([nH]c3ccccc23)[C@@H](c2ccc(OCCNC/C=C/C(=O)N(C)C)nc2)N1CC(C)(C)F. The maximum atomic E-state index is 14.9. The molecule has 2 atom stereocenters. The van der Waals surface area contributed by atoms with Crippen LogP contribution in [-0.2, 0) is 11.2 Å². The maximum Gasteiger partial charge on any atom is 0.245 e. The van der Waals surface area contributed by atoms with Crippen LogP contribution in [0.25, 0.3) is 10.9 Å². The molecule has 3 aromatic rings. The number of hydrogen-bond donors (Lipinski definition) is 2. The van der Waals surface area contributed by atoms with Gasteiger partial charge >= 0.3 is 0 Å². The summed E-state index contributed by atoms with van der Waals surface area (Å²) in [5.74, 6) is 0.505. The summed E-state index contributed by atoms with van der Waals surface area (Å²) < 4.78 is 20.7. The summed E-state index contributed by atoms with van der Waals surface area (Å²) in [5, 5.41) is 4.44. The van der Waals surface area contributed by atoms with Crippen molar-refractivity contribution in [1.82, 2.24) is 25.1 Å². The number of pyridine rings is 1. The number of aromatic nitrogens is 2. The fourth-order valence-corrected chi connectivity index (χ4v) is 4.91. The van der Waals surface area contributed by atoms with Crippen molar-refractivity contribution in [3.05, 3.63) is 71.6 Å². The molecule has 3 heterocycles. The van der Waals surface area contributed by atoms with E-state index in [1.165, 1.54) is 15.8 Å². The van der Waals surface area contributed by atoms with Crippen LogP contribution in [0.2, 0.25) is 0 Å². The monoisotopic (exact) mass is 507 g/mol. The average Bonchev–Trinajstić information content (AvgIpc) is 3.21. The van der Waals surface area contributed by atoms with Gasteiger partial charge < -0.3 is 19.9 Å². The van der Waals surface area contributed by atoms with Gasteiger partial charge in [0.1, 0.15) is 12.3 Å². The van der Waals surface area contributed by atoms with Gasteiger partial charge in [0, 0.05) is 74.7 Å². The summed E-state index contributed by atoms with van der Waals surface area (Å²) in [5.41, 5.74) is 3.20. The number of H-pyrrole nitrogens is 1. The minimum absolute atomic E-state index is 0.0390. The highest BCUT2D eigenvalue weighted by Gasteiger charge is 2.38. The number of alkyl halides is 1. The van der Waals surface area contributed by atoms with E-state index in [1.807, 2.05) is 24.4 Å². The lowest BCUT2D eigenvalue weighted by Gasteiger charge is -2.42. The number of hydrogen-bond acceptors (Lipinski definition) is 5. The molecule has 1 aromatic carbocycles. The Hall–Kier alpha value is -3.23. The third kappa shape index (κ3) is 6.56. The Morgan fingerprint density at radius 1 is 1.30 bits per heavy atom. The largest absolute Gasteiger partial charge is 0.476 e. The second kappa shape index (κ2) is 11.4. The van der Waals surface area contributed by atoms with E-state index in [0.717, 1.165) is 23.2 Å². The van der Waals surface area contributed by atoms with E-state index in [-0.39, 0.29) is 18.0 Å². The number of ether oxygens (including phenoxy) is 1. The van der Waals surface area contributed by atoms with Crippen molar-refractivity contribution in [1.29, 1.82) is 0 Å². The third-order valence-electron chi connectivity index (χ3n) is 6.64. The number of carbonyl (C=O) groups excluding carboxylic acids is 1. The Labute approximate surface area is 218 Å². The lowest BCUT2D eigenvalue weighted by molar-refractivity contribution is -0.123. The molecule has 0 fully saturated rings. The van der Waals surface area contributed by atoms with Crippen molar-refractivity contribution in [2.75, 3.05) is 40.3 Å². The second-order valence-electron chi connectivity index (χ2n) is 10.5. The molecule has 0 saturated carbocycles. The highest BCUT2D eigenvalue weighted by molar-refractivity contribution is 5.87. The molecule has 0 spiro atoms. The lowest BCUT2D eigenvalue weighted by atomic mass is 9.88. The molecule has 0 unspecified atom stereocenters. The fraction of sp³-hybridized carbons (Fsp3) is 0.448. The number of amides is 1. The first kappa shape index (κ1) is 26.8. The van der Waals surface area contributed by atoms with Gasteiger partial charge in [-0.3, -0.25) is 9.69 Å². The number of fused-ring (bicyclic) bond motifs is 3. The predicted molar refractivity (Wildman–Crippen MR) is 146 cm³/mol. The van der Waals surface area contributed by atoms with Gasteiger partial charge in [-0.2, -0.15) is 0 Å². The first-order valence-corrected chi connectivity index (χ1v) is 12.9. The standard InChI is InChI=1S/C29H38FN5O2/c1-20-17-23-22-9-6-7-10-24(22)33-27(23)28(35(20)19-29(2,3)30)21-12-13-25(32-18-21)37-16-15-31-14-8-11-26(36)34(4)5/h6-13,18,20,28,31,33H,14-17,19H2,1-5H3/b11-8+/t20-,28-/m1/s1. The first-order valence-electron chi connectivity index (χ1n) is 12.9. The van der Waals surface area contributed by atoms with Gasteiger partial charge in [-0.1, -0.05) is 30.3 Å². The molecule has 0 aliphatic carbocycles. The van der Waals surface area contributed by atoms with Gasteiger partial charge in [0.05, 0.1) is 6.04 Å². The average molecular weight is 508 g/mol. The number of halogens is 1. The molecule has 0 radical (unpaired) electrons. The third-order valence-corrected chi connectivity index (χ3v) is 6.64. The molecular weight excluding hydrogens is 469 g/mol. The molecule has 1 aliphatic heterocycles. The van der Waals surface area contributed by atoms with Crippen LogP contribution in [0.1, 0.15) is 43.6 Å². The number of nitrogens with one attached hydrogen (secondary N) is 2. The van der Waals surface area contributed by atoms with E-state index in [1.54, 1.807) is 40.1 Å². The van der Waals surface area contributed by atoms with Gasteiger partial charge in [-0.05, 0) is 44.4 Å². The van der Waals surface area contributed by atoms with E-state index in [9.17, 15) is 9.18 Å². The molecule has 0 bridgehead atoms. The molecule has 198 valence electrons. The Morgan fingerprint density at radius 3 is 2.78 bits per heavy atom. The first-order chi connectivity index (χ1) is 17.6. The van der Waals surface area contributed by atoms with Crippen LogP contribution in [-0.4, -0.2) is 77.7 Å². The molecule has 4 rings (SSSR count). The minimum atomic E-state index is -1.32. The smallest absolute Gasteiger partial charge is 0.245 e. The Balaban J connectivity index is 1.46. The zero-order valence-electron chi connectivity index (χ0n) is 22.4. The summed E-state index contributed by atoms with van der Waals surface area (Å²) in [6, 6.07) is 12.3. The fourth-order valence-electron chi connectivity index (χ4n) is 4.91. The zero-order valence-corrected chi connectivity index (χ0v) is 22.4. The maximum absolute atomic E-state index is 14.9. The van der Waals surface area contributed by atoms with Crippen LogP contribution in [0.15, 0.2) is 54.7 Å². The topological polar surface area (TPSA) is 73.5 Å². The number of aromatic amines is 1. The van der Waals surface area contributed by atoms with Crippen LogP contribution in [0.4, 0.5) is 4.39 Å². The molecule has 1 aliphatic rings. The predicted octanol–water partition coefficient (Wildman–Crippen LogP) is 4.26. The van der Waals surface area contributed by atoms with Crippen LogP contribution in [0.5, 0.6) is 5.88 Å². The molecular formula is C29H38FN5O2. The Morgan fingerprint density at radius 2 is 2.08 bits per heavy atom. The number of carbonyl (C=O) groups is 1. The molecule has 8 heteroatoms. The van der Waals surface area contributed by atoms with Crippen molar-refractivity contribution >= 4 is 16.8 Å². The van der Waals surface area contributed by atoms with Crippen molar-refractivity contribution < 1.29 is 13.9 Å². The van der Waals surface area contributed by atoms with Gasteiger partial charge in [0.15, 0.2) is 0 Å². The number of likely N-dealkylation sites (N-methyl/N-ethyl adjacent to an activating group) is 1. The van der Waals surface area contributed by atoms with E-state index in [0.29, 0.717) is 32.1 Å². The van der Waals surface area contributed by atoms with Crippen LogP contribution >= 0.6 is 0 Å². The summed E-state index contributed by atoms with van der Waals surface area (Å²) in [4.78, 5) is 23.5. The highest BCUT2D eigenvalue weighted by atomic mass is 19.1. The molecule has 37 heavy (non-hydrogen) atoms. The van der Waals surface area contributed by atoms with Crippen LogP contribution < -0.4 is 10.1 Å². The highest BCUT2D eigenvalue weighted by Crippen LogP contribution is 2.41. The quantitative estimate of drug-likeness (QED) is 0.317. The number of benzene rings is 1. The molecule has 7 nitrogen and oxygen atoms in total. The molecule has 2 N–H and O–H groups in total. The van der Waals surface area contributed by atoms with Gasteiger partial charge in [-0.25, -0.2) is 9.37 Å². The number of nitrogens with zero attached hydrogens (tertiary/aromatic N) is 3. The van der Waals surface area contributed by atoms with Gasteiger partial charge in [-0.15, -0.1) is 0 Å². The zero-order chi connectivity index (χ0) is 26.6. The van der Waals surface area contributed by atoms with Crippen molar-refractivity contribution in [3.8, 4) is 5.88 Å². The second-order valence-corrected chi connectivity index (χ2v) is 10.5. The van der Waals surface area contributed by atoms with E-state index < -0.39 is 5.67 Å². The molecule has 1 amide bonds. The van der Waals surface area contributed by atoms with Crippen molar-refractivity contribution in [3.63, 3.8) is 0 Å². The summed E-state index contributed by atoms with van der Waals surface area (Å²) in [6.07, 6.45) is 6.05. The molecule has 0 saturated heterocycles. The number of para-hydroxylation sites is 1. The Kier molecular flexibility index (Phi) is 8.29. The number of rotatable bonds is 10. The van der Waals surface area contributed by atoms with E-state index in [2.05, 4.69) is 45.3 Å². The van der Waals surface area contributed by atoms with E-state index >= 15 is 0 Å². The van der Waals surface area contributed by atoms with Gasteiger partial charge in [0.25, 0.3) is 0 Å². The van der Waals surface area contributed by atoms with Crippen molar-refractivity contribution in [2.45, 2.75) is 44.9 Å². The van der Waals surface area contributed by atoms with Crippen LogP contribution in [0, 0.1) is 0 Å². The molecule has 2 aromatic heterocycles. The van der Waals surface area contributed by atoms with Gasteiger partial charge in [0.2, 0.25) is 11.8 Å². The summed E-state index contributed by atoms with van der Waals surface area (Å²) >= 11 is 0. The normalized spacial score (nSPS) is 18.3. The lowest BCUT2D eigenvalue weighted by Crippen LogP contribution is -2.47. The summed E-state index contributed by atoms with van der Waals surface area (Å²) in [6.45, 7) is 7.44. The van der Waals surface area contributed by atoms with Crippen LogP contribution in [0.3, 0.4) is 0 Å². The summed E-state index contributed by atoms with van der Waals surface area (Å²) in [7, 11) is 3.44. The Bertz CT molecular complexity index is 1230.